The van der Waals surface area contributed by atoms with E-state index in [1.807, 2.05) is 0 Å². The van der Waals surface area contributed by atoms with Crippen molar-refractivity contribution >= 4 is 21.7 Å². The summed E-state index contributed by atoms with van der Waals surface area (Å²) in [7, 11) is -2.25. The lowest BCUT2D eigenvalue weighted by Gasteiger charge is -2.15. The molecule has 2 heterocycles. The summed E-state index contributed by atoms with van der Waals surface area (Å²) in [6.45, 7) is 0.0256. The molecule has 98 valence electrons. The molecule has 0 saturated carbocycles. The van der Waals surface area contributed by atoms with Crippen molar-refractivity contribution in [3.63, 3.8) is 0 Å². The Labute approximate surface area is 105 Å². The van der Waals surface area contributed by atoms with E-state index >= 15 is 0 Å². The molecular weight excluding hydrogens is 258 g/mol. The SMILES string of the molecule is COc1cccc(N2CC(S(N)(=O)=O)CC2=O)n1. The third kappa shape index (κ3) is 2.44. The molecule has 0 aliphatic carbocycles. The van der Waals surface area contributed by atoms with Crippen molar-refractivity contribution in [1.29, 1.82) is 0 Å². The van der Waals surface area contributed by atoms with Crippen LogP contribution in [0.4, 0.5) is 5.82 Å². The average molecular weight is 271 g/mol. The van der Waals surface area contributed by atoms with Crippen molar-refractivity contribution in [3.05, 3.63) is 18.2 Å². The van der Waals surface area contributed by atoms with Gasteiger partial charge in [-0.05, 0) is 6.07 Å². The summed E-state index contributed by atoms with van der Waals surface area (Å²) in [5, 5.41) is 4.17. The first-order valence-corrected chi connectivity index (χ1v) is 6.86. The summed E-state index contributed by atoms with van der Waals surface area (Å²) in [5.74, 6) is 0.416. The van der Waals surface area contributed by atoms with Crippen molar-refractivity contribution in [2.24, 2.45) is 5.14 Å². The molecule has 0 aromatic carbocycles. The molecule has 1 amide bonds. The number of aromatic nitrogens is 1. The fraction of sp³-hybridized carbons (Fsp3) is 0.400. The maximum Gasteiger partial charge on any atom is 0.229 e. The van der Waals surface area contributed by atoms with Gasteiger partial charge in [-0.1, -0.05) is 6.07 Å². The van der Waals surface area contributed by atoms with Gasteiger partial charge in [0, 0.05) is 19.0 Å². The zero-order valence-electron chi connectivity index (χ0n) is 9.74. The molecule has 1 atom stereocenters. The van der Waals surface area contributed by atoms with Crippen molar-refractivity contribution in [2.45, 2.75) is 11.7 Å². The summed E-state index contributed by atoms with van der Waals surface area (Å²) in [6, 6.07) is 4.94. The Kier molecular flexibility index (Phi) is 3.22. The quantitative estimate of drug-likeness (QED) is 0.797. The molecule has 0 spiro atoms. The Morgan fingerprint density at radius 2 is 2.22 bits per heavy atom. The monoisotopic (exact) mass is 271 g/mol. The molecule has 1 aliphatic rings. The highest BCUT2D eigenvalue weighted by atomic mass is 32.2. The van der Waals surface area contributed by atoms with Crippen LogP contribution in [0.25, 0.3) is 0 Å². The Hall–Kier alpha value is -1.67. The van der Waals surface area contributed by atoms with Crippen LogP contribution < -0.4 is 14.8 Å². The largest absolute Gasteiger partial charge is 0.481 e. The highest BCUT2D eigenvalue weighted by Gasteiger charge is 2.37. The van der Waals surface area contributed by atoms with Gasteiger partial charge >= 0.3 is 0 Å². The second-order valence-electron chi connectivity index (χ2n) is 3.96. The van der Waals surface area contributed by atoms with E-state index in [2.05, 4.69) is 4.98 Å². The Morgan fingerprint density at radius 3 is 2.78 bits per heavy atom. The van der Waals surface area contributed by atoms with Crippen LogP contribution in [0.2, 0.25) is 0 Å². The molecule has 2 rings (SSSR count). The van der Waals surface area contributed by atoms with Crippen molar-refractivity contribution in [3.8, 4) is 5.88 Å². The van der Waals surface area contributed by atoms with E-state index in [4.69, 9.17) is 9.88 Å². The van der Waals surface area contributed by atoms with Gasteiger partial charge in [0.05, 0.1) is 7.11 Å². The molecule has 1 aromatic heterocycles. The second kappa shape index (κ2) is 4.54. The summed E-state index contributed by atoms with van der Waals surface area (Å²) in [5.41, 5.74) is 0. The van der Waals surface area contributed by atoms with Gasteiger partial charge in [0.25, 0.3) is 0 Å². The van der Waals surface area contributed by atoms with Crippen LogP contribution in [-0.2, 0) is 14.8 Å². The van der Waals surface area contributed by atoms with E-state index in [0.29, 0.717) is 11.7 Å². The van der Waals surface area contributed by atoms with Crippen LogP contribution >= 0.6 is 0 Å². The molecule has 8 heteroatoms. The Morgan fingerprint density at radius 1 is 1.50 bits per heavy atom. The topological polar surface area (TPSA) is 103 Å². The number of hydrogen-bond acceptors (Lipinski definition) is 5. The normalized spacial score (nSPS) is 20.2. The molecule has 2 N–H and O–H groups in total. The number of carbonyl (C=O) groups excluding carboxylic acids is 1. The van der Waals surface area contributed by atoms with E-state index in [-0.39, 0.29) is 18.9 Å². The van der Waals surface area contributed by atoms with Gasteiger partial charge in [-0.3, -0.25) is 9.69 Å². The Balaban J connectivity index is 2.27. The molecule has 1 aliphatic heterocycles. The molecular formula is C10H13N3O4S. The van der Waals surface area contributed by atoms with Gasteiger partial charge in [0.15, 0.2) is 0 Å². The third-order valence-electron chi connectivity index (χ3n) is 2.75. The minimum absolute atomic E-state index is 0.0256. The van der Waals surface area contributed by atoms with Crippen LogP contribution in [-0.4, -0.2) is 38.2 Å². The maximum atomic E-state index is 11.8. The number of ether oxygens (including phenoxy) is 1. The number of anilines is 1. The summed E-state index contributed by atoms with van der Waals surface area (Å²) in [6.07, 6.45) is -0.113. The summed E-state index contributed by atoms with van der Waals surface area (Å²) in [4.78, 5) is 17.1. The van der Waals surface area contributed by atoms with E-state index in [0.717, 1.165) is 0 Å². The predicted molar refractivity (Wildman–Crippen MR) is 64.7 cm³/mol. The number of rotatable bonds is 3. The molecule has 1 fully saturated rings. The third-order valence-corrected chi connectivity index (χ3v) is 3.99. The molecule has 1 aromatic rings. The minimum Gasteiger partial charge on any atom is -0.481 e. The zero-order valence-corrected chi connectivity index (χ0v) is 10.6. The molecule has 0 bridgehead atoms. The molecule has 1 saturated heterocycles. The van der Waals surface area contributed by atoms with Gasteiger partial charge in [-0.2, -0.15) is 4.98 Å². The van der Waals surface area contributed by atoms with Crippen LogP contribution in [0.5, 0.6) is 5.88 Å². The van der Waals surface area contributed by atoms with Crippen LogP contribution in [0.15, 0.2) is 18.2 Å². The van der Waals surface area contributed by atoms with Gasteiger partial charge in [0.2, 0.25) is 21.8 Å². The number of pyridine rings is 1. The van der Waals surface area contributed by atoms with E-state index in [9.17, 15) is 13.2 Å². The second-order valence-corrected chi connectivity index (χ2v) is 5.80. The van der Waals surface area contributed by atoms with Gasteiger partial charge in [0.1, 0.15) is 11.1 Å². The number of hydrogen-bond donors (Lipinski definition) is 1. The maximum absolute atomic E-state index is 11.8. The summed E-state index contributed by atoms with van der Waals surface area (Å²) >= 11 is 0. The number of nitrogens with zero attached hydrogens (tertiary/aromatic N) is 2. The van der Waals surface area contributed by atoms with Gasteiger partial charge < -0.3 is 4.74 Å². The van der Waals surface area contributed by atoms with E-state index in [1.54, 1.807) is 18.2 Å². The van der Waals surface area contributed by atoms with Crippen LogP contribution in [0.1, 0.15) is 6.42 Å². The lowest BCUT2D eigenvalue weighted by atomic mass is 10.4. The number of carbonyl (C=O) groups is 1. The lowest BCUT2D eigenvalue weighted by molar-refractivity contribution is -0.117. The standard InChI is InChI=1S/C10H13N3O4S/c1-17-9-4-2-3-8(12-9)13-6-7(5-10(13)14)18(11,15)16/h2-4,7H,5-6H2,1H3,(H2,11,15,16). The van der Waals surface area contributed by atoms with E-state index in [1.165, 1.54) is 12.0 Å². The van der Waals surface area contributed by atoms with E-state index < -0.39 is 15.3 Å². The minimum atomic E-state index is -3.71. The van der Waals surface area contributed by atoms with Gasteiger partial charge in [-0.25, -0.2) is 13.6 Å². The van der Waals surface area contributed by atoms with Crippen molar-refractivity contribution in [2.75, 3.05) is 18.6 Å². The molecule has 18 heavy (non-hydrogen) atoms. The molecule has 0 radical (unpaired) electrons. The first kappa shape index (κ1) is 12.8. The first-order valence-electron chi connectivity index (χ1n) is 5.25. The van der Waals surface area contributed by atoms with Crippen LogP contribution in [0.3, 0.4) is 0 Å². The van der Waals surface area contributed by atoms with Crippen molar-refractivity contribution < 1.29 is 17.9 Å². The highest BCUT2D eigenvalue weighted by Crippen LogP contribution is 2.23. The number of nitrogens with two attached hydrogens (primary N) is 1. The van der Waals surface area contributed by atoms with Crippen LogP contribution in [0, 0.1) is 0 Å². The first-order chi connectivity index (χ1) is 8.41. The lowest BCUT2D eigenvalue weighted by Crippen LogP contribution is -2.32. The average Bonchev–Trinajstić information content (AvgIpc) is 2.71. The number of methoxy groups -OCH3 is 1. The fourth-order valence-corrected chi connectivity index (χ4v) is 2.52. The number of sulfonamides is 1. The fourth-order valence-electron chi connectivity index (χ4n) is 1.78. The molecule has 7 nitrogen and oxygen atoms in total. The highest BCUT2D eigenvalue weighted by molar-refractivity contribution is 7.89. The zero-order chi connectivity index (χ0) is 13.3. The number of primary sulfonamides is 1. The number of amides is 1. The van der Waals surface area contributed by atoms with Gasteiger partial charge in [-0.15, -0.1) is 0 Å². The smallest absolute Gasteiger partial charge is 0.229 e. The Bertz CT molecular complexity index is 572. The predicted octanol–water partition coefficient (Wildman–Crippen LogP) is -0.516. The molecule has 1 unspecified atom stereocenters. The van der Waals surface area contributed by atoms with Crippen molar-refractivity contribution in [1.82, 2.24) is 4.98 Å². The summed E-state index contributed by atoms with van der Waals surface area (Å²) < 4.78 is 27.4.